The Bertz CT molecular complexity index is 2220. The van der Waals surface area contributed by atoms with Gasteiger partial charge in [0.15, 0.2) is 41.1 Å². The Morgan fingerprint density at radius 1 is 0.767 bits per heavy atom. The van der Waals surface area contributed by atoms with Crippen molar-refractivity contribution in [2.75, 3.05) is 11.5 Å². The smallest absolute Gasteiger partial charge is 0.183 e. The largest absolute Gasteiger partial charge is 0.382 e. The molecule has 2 aromatic carbocycles. The standard InChI is InChI=1S/C12H7ClN6S2.C7H4ClNS2.C5H4BrN5/c13-5-2-1-3-6-8(5)20-12(17-6)21-11-18-7-9(14)15-4-16-10(7)19-11;8-4-2-1-3-5-6(4)11-7(10)9-5;6-5-10-2-3(7)8-1-9-4(2)11-5/h1-4H,(H3,14,15,16,18,19);1-3H,(H,9,10);1H,(H3,7,8,9,10,11). The van der Waals surface area contributed by atoms with Gasteiger partial charge in [0.1, 0.15) is 23.7 Å². The molecule has 0 bridgehead atoms. The zero-order chi connectivity index (χ0) is 30.1. The van der Waals surface area contributed by atoms with Crippen LogP contribution < -0.4 is 11.5 Å². The average molecular weight is 751 g/mol. The summed E-state index contributed by atoms with van der Waals surface area (Å²) in [6, 6.07) is 11.4. The number of rotatable bonds is 2. The number of fused-ring (bicyclic) bond motifs is 4. The molecule has 8 rings (SSSR count). The van der Waals surface area contributed by atoms with Gasteiger partial charge in [-0.2, -0.15) is 0 Å². The van der Waals surface area contributed by atoms with Crippen molar-refractivity contribution < 1.29 is 0 Å². The van der Waals surface area contributed by atoms with Crippen molar-refractivity contribution in [3.8, 4) is 0 Å². The second-order valence-electron chi connectivity index (χ2n) is 8.29. The van der Waals surface area contributed by atoms with Crippen LogP contribution in [0.1, 0.15) is 0 Å². The van der Waals surface area contributed by atoms with Crippen LogP contribution in [0.3, 0.4) is 0 Å². The minimum atomic E-state index is 0.381. The number of imidazole rings is 2. The molecule has 0 aliphatic heterocycles. The highest BCUT2D eigenvalue weighted by atomic mass is 79.9. The Hall–Kier alpha value is -3.45. The zero-order valence-electron chi connectivity index (χ0n) is 21.2. The van der Waals surface area contributed by atoms with E-state index in [1.807, 2.05) is 36.4 Å². The molecule has 43 heavy (non-hydrogen) atoms. The van der Waals surface area contributed by atoms with Crippen molar-refractivity contribution in [2.24, 2.45) is 0 Å². The molecule has 0 saturated heterocycles. The van der Waals surface area contributed by atoms with Gasteiger partial charge < -0.3 is 26.4 Å². The second kappa shape index (κ2) is 12.7. The van der Waals surface area contributed by atoms with Crippen molar-refractivity contribution in [3.63, 3.8) is 0 Å². The van der Waals surface area contributed by atoms with Crippen LogP contribution >= 0.6 is 85.8 Å². The van der Waals surface area contributed by atoms with E-state index in [0.717, 1.165) is 33.7 Å². The minimum absolute atomic E-state index is 0.381. The molecule has 0 aliphatic carbocycles. The van der Waals surface area contributed by atoms with Crippen LogP contribution in [0, 0.1) is 3.95 Å². The van der Waals surface area contributed by atoms with Crippen molar-refractivity contribution in [1.82, 2.24) is 49.8 Å². The molecule has 0 unspecified atom stereocenters. The number of nitrogen functional groups attached to an aromatic ring is 2. The predicted octanol–water partition coefficient (Wildman–Crippen LogP) is 7.66. The molecule has 6 heterocycles. The second-order valence-corrected chi connectivity index (χ2v) is 13.8. The molecule has 19 heteroatoms. The van der Waals surface area contributed by atoms with E-state index in [1.165, 1.54) is 47.1 Å². The number of nitrogens with zero attached hydrogens (tertiary/aromatic N) is 7. The molecule has 7 N–H and O–H groups in total. The van der Waals surface area contributed by atoms with Gasteiger partial charge in [0.25, 0.3) is 0 Å². The summed E-state index contributed by atoms with van der Waals surface area (Å²) in [6.45, 7) is 0. The Kier molecular flexibility index (Phi) is 8.71. The van der Waals surface area contributed by atoms with Gasteiger partial charge in [-0.25, -0.2) is 34.9 Å². The van der Waals surface area contributed by atoms with Crippen LogP contribution in [0.2, 0.25) is 10.0 Å². The summed E-state index contributed by atoms with van der Waals surface area (Å²) in [5.41, 5.74) is 15.6. The average Bonchev–Trinajstić information content (AvgIpc) is 3.75. The van der Waals surface area contributed by atoms with E-state index in [9.17, 15) is 0 Å². The number of hydrogen-bond donors (Lipinski definition) is 5. The maximum absolute atomic E-state index is 6.16. The van der Waals surface area contributed by atoms with E-state index in [-0.39, 0.29) is 0 Å². The lowest BCUT2D eigenvalue weighted by Crippen LogP contribution is -1.91. The lowest BCUT2D eigenvalue weighted by molar-refractivity contribution is 1.07. The van der Waals surface area contributed by atoms with E-state index in [0.29, 0.717) is 48.9 Å². The molecule has 0 fully saturated rings. The summed E-state index contributed by atoms with van der Waals surface area (Å²) in [7, 11) is 0. The third kappa shape index (κ3) is 6.57. The summed E-state index contributed by atoms with van der Waals surface area (Å²) in [4.78, 5) is 37.6. The molecule has 0 aliphatic rings. The number of thiazole rings is 2. The van der Waals surface area contributed by atoms with Crippen LogP contribution in [0.25, 0.3) is 42.8 Å². The van der Waals surface area contributed by atoms with Gasteiger partial charge in [0.2, 0.25) is 0 Å². The fraction of sp³-hybridized carbons (Fsp3) is 0. The number of H-pyrrole nitrogens is 3. The topological polar surface area (TPSA) is 190 Å². The molecule has 0 spiro atoms. The highest BCUT2D eigenvalue weighted by Gasteiger charge is 2.13. The first-order valence-corrected chi connectivity index (χ1v) is 16.2. The van der Waals surface area contributed by atoms with E-state index in [2.05, 4.69) is 65.8 Å². The van der Waals surface area contributed by atoms with Gasteiger partial charge in [-0.1, -0.05) is 35.3 Å². The Labute approximate surface area is 276 Å². The fourth-order valence-electron chi connectivity index (χ4n) is 3.65. The molecular formula is C24H15BrCl2N12S4. The van der Waals surface area contributed by atoms with E-state index >= 15 is 0 Å². The SMILES string of the molecule is Nc1ncnc2nc(Br)[nH]c12.Nc1ncnc2nc(Sc3nc4cccc(Cl)c4s3)[nH]c12.S=c1[nH]c2cccc(Cl)c2s1. The van der Waals surface area contributed by atoms with Crippen LogP contribution in [-0.2, 0) is 0 Å². The van der Waals surface area contributed by atoms with Gasteiger partial charge in [-0.3, -0.25) is 0 Å². The first kappa shape index (κ1) is 29.6. The van der Waals surface area contributed by atoms with Crippen molar-refractivity contribution in [1.29, 1.82) is 0 Å². The molecule has 8 aromatic rings. The molecule has 0 atom stereocenters. The molecule has 0 amide bonds. The maximum atomic E-state index is 6.16. The summed E-state index contributed by atoms with van der Waals surface area (Å²) in [5, 5.41) is 2.14. The zero-order valence-corrected chi connectivity index (χ0v) is 27.5. The summed E-state index contributed by atoms with van der Waals surface area (Å²) < 4.78 is 4.24. The number of anilines is 2. The van der Waals surface area contributed by atoms with Crippen molar-refractivity contribution >= 4 is 140 Å². The van der Waals surface area contributed by atoms with E-state index in [4.69, 9.17) is 46.9 Å². The molecule has 6 aromatic heterocycles. The Balaban J connectivity index is 0.000000126. The number of nitrogens with two attached hydrogens (primary N) is 2. The molecular weight excluding hydrogens is 735 g/mol. The maximum Gasteiger partial charge on any atom is 0.183 e. The highest BCUT2D eigenvalue weighted by molar-refractivity contribution is 9.10. The van der Waals surface area contributed by atoms with E-state index in [1.54, 1.807) is 0 Å². The van der Waals surface area contributed by atoms with Crippen LogP contribution in [-0.4, -0.2) is 49.8 Å². The van der Waals surface area contributed by atoms with Gasteiger partial charge in [-0.15, -0.1) is 22.7 Å². The quantitative estimate of drug-likeness (QED) is 0.0862. The first-order valence-electron chi connectivity index (χ1n) is 11.8. The Morgan fingerprint density at radius 3 is 2.07 bits per heavy atom. The van der Waals surface area contributed by atoms with Crippen LogP contribution in [0.15, 0.2) is 63.3 Å². The third-order valence-electron chi connectivity index (χ3n) is 5.51. The Morgan fingerprint density at radius 2 is 1.42 bits per heavy atom. The van der Waals surface area contributed by atoms with Gasteiger partial charge >= 0.3 is 0 Å². The minimum Gasteiger partial charge on any atom is -0.382 e. The van der Waals surface area contributed by atoms with Gasteiger partial charge in [0, 0.05) is 0 Å². The predicted molar refractivity (Wildman–Crippen MR) is 181 cm³/mol. The fourth-order valence-corrected chi connectivity index (χ4v) is 7.65. The number of aromatic amines is 3. The van der Waals surface area contributed by atoms with Crippen molar-refractivity contribution in [3.05, 3.63) is 67.8 Å². The number of benzene rings is 2. The van der Waals surface area contributed by atoms with Gasteiger partial charge in [-0.05, 0) is 64.2 Å². The van der Waals surface area contributed by atoms with Gasteiger partial charge in [0.05, 0.1) is 30.5 Å². The summed E-state index contributed by atoms with van der Waals surface area (Å²) in [5.74, 6) is 0.792. The third-order valence-corrected chi connectivity index (χ3v) is 10.1. The normalized spacial score (nSPS) is 11.0. The highest BCUT2D eigenvalue weighted by Crippen LogP contribution is 2.37. The molecule has 0 radical (unpaired) electrons. The van der Waals surface area contributed by atoms with Crippen LogP contribution in [0.5, 0.6) is 0 Å². The molecule has 12 nitrogen and oxygen atoms in total. The lowest BCUT2D eigenvalue weighted by atomic mass is 10.3. The lowest BCUT2D eigenvalue weighted by Gasteiger charge is -1.90. The van der Waals surface area contributed by atoms with Crippen LogP contribution in [0.4, 0.5) is 11.6 Å². The number of halogens is 3. The number of aromatic nitrogens is 10. The summed E-state index contributed by atoms with van der Waals surface area (Å²) >= 11 is 24.7. The van der Waals surface area contributed by atoms with E-state index < -0.39 is 0 Å². The number of nitrogens with one attached hydrogen (secondary N) is 3. The molecule has 216 valence electrons. The number of hydrogen-bond acceptors (Lipinski definition) is 13. The molecule has 0 saturated carbocycles. The van der Waals surface area contributed by atoms with Crippen molar-refractivity contribution in [2.45, 2.75) is 9.50 Å². The monoisotopic (exact) mass is 748 g/mol. The first-order chi connectivity index (χ1) is 20.7. The summed E-state index contributed by atoms with van der Waals surface area (Å²) in [6.07, 6.45) is 2.77.